The van der Waals surface area contributed by atoms with Gasteiger partial charge in [0.25, 0.3) is 0 Å². The lowest BCUT2D eigenvalue weighted by Gasteiger charge is -2.10. The van der Waals surface area contributed by atoms with E-state index < -0.39 is 5.82 Å². The first kappa shape index (κ1) is 13.7. The molecule has 2 aromatic rings. The molecule has 0 saturated heterocycles. The summed E-state index contributed by atoms with van der Waals surface area (Å²) in [5.41, 5.74) is 0.148. The smallest absolute Gasteiger partial charge is 0.165 e. The summed E-state index contributed by atoms with van der Waals surface area (Å²) in [4.78, 5) is 3.92. The lowest BCUT2D eigenvalue weighted by atomic mass is 10.3. The van der Waals surface area contributed by atoms with Gasteiger partial charge in [0.2, 0.25) is 0 Å². The van der Waals surface area contributed by atoms with Gasteiger partial charge in [-0.05, 0) is 18.2 Å². The molecule has 2 rings (SSSR count). The van der Waals surface area contributed by atoms with Gasteiger partial charge in [0.05, 0.1) is 20.8 Å². The van der Waals surface area contributed by atoms with Gasteiger partial charge >= 0.3 is 0 Å². The number of hydrogen-bond donors (Lipinski definition) is 1. The molecule has 0 bridgehead atoms. The standard InChI is InChI=1S/C11H5Cl4FN2/c12-5-2-1-3-8(9(5)16)17-11-7(14)4-6(13)10(15)18-11/h1-4H,(H,17,18). The van der Waals surface area contributed by atoms with E-state index in [1.807, 2.05) is 0 Å². The van der Waals surface area contributed by atoms with Crippen molar-refractivity contribution in [3.05, 3.63) is 50.3 Å². The van der Waals surface area contributed by atoms with Crippen LogP contribution in [0, 0.1) is 5.82 Å². The van der Waals surface area contributed by atoms with Gasteiger partial charge in [-0.1, -0.05) is 52.5 Å². The van der Waals surface area contributed by atoms with E-state index in [4.69, 9.17) is 46.4 Å². The van der Waals surface area contributed by atoms with Crippen LogP contribution in [0.2, 0.25) is 20.2 Å². The molecule has 0 radical (unpaired) electrons. The fourth-order valence-corrected chi connectivity index (χ4v) is 1.98. The maximum absolute atomic E-state index is 13.7. The molecular weight excluding hydrogens is 321 g/mol. The highest BCUT2D eigenvalue weighted by Gasteiger charge is 2.11. The lowest BCUT2D eigenvalue weighted by Crippen LogP contribution is -1.98. The summed E-state index contributed by atoms with van der Waals surface area (Å²) >= 11 is 23.1. The first-order valence-electron chi connectivity index (χ1n) is 4.71. The molecule has 7 heteroatoms. The van der Waals surface area contributed by atoms with Crippen molar-refractivity contribution in [3.8, 4) is 0 Å². The third-order valence-corrected chi connectivity index (χ3v) is 3.34. The molecule has 1 N–H and O–H groups in total. The van der Waals surface area contributed by atoms with Crippen molar-refractivity contribution in [2.75, 3.05) is 5.32 Å². The van der Waals surface area contributed by atoms with Crippen LogP contribution in [0.5, 0.6) is 0 Å². The molecule has 1 aromatic carbocycles. The minimum atomic E-state index is -0.594. The number of nitrogens with zero attached hydrogens (tertiary/aromatic N) is 1. The van der Waals surface area contributed by atoms with E-state index in [9.17, 15) is 4.39 Å². The highest BCUT2D eigenvalue weighted by molar-refractivity contribution is 6.43. The van der Waals surface area contributed by atoms with E-state index in [0.717, 1.165) is 0 Å². The van der Waals surface area contributed by atoms with Gasteiger partial charge in [-0.25, -0.2) is 9.37 Å². The molecule has 0 aliphatic heterocycles. The summed E-state index contributed by atoms with van der Waals surface area (Å²) in [6.07, 6.45) is 0. The van der Waals surface area contributed by atoms with Gasteiger partial charge in [0, 0.05) is 0 Å². The Morgan fingerprint density at radius 1 is 1.00 bits per heavy atom. The number of halogens is 5. The molecule has 0 aliphatic carbocycles. The average molecular weight is 326 g/mol. The summed E-state index contributed by atoms with van der Waals surface area (Å²) in [7, 11) is 0. The Kier molecular flexibility index (Phi) is 4.17. The van der Waals surface area contributed by atoms with E-state index in [2.05, 4.69) is 10.3 Å². The van der Waals surface area contributed by atoms with Crippen LogP contribution in [-0.2, 0) is 0 Å². The highest BCUT2D eigenvalue weighted by atomic mass is 35.5. The van der Waals surface area contributed by atoms with Crippen molar-refractivity contribution in [1.82, 2.24) is 4.98 Å². The molecule has 0 fully saturated rings. The third kappa shape index (κ3) is 2.81. The Morgan fingerprint density at radius 2 is 1.72 bits per heavy atom. The first-order valence-corrected chi connectivity index (χ1v) is 6.23. The number of pyridine rings is 1. The van der Waals surface area contributed by atoms with Gasteiger partial charge < -0.3 is 5.32 Å². The van der Waals surface area contributed by atoms with Crippen LogP contribution in [0.25, 0.3) is 0 Å². The van der Waals surface area contributed by atoms with Crippen molar-refractivity contribution in [1.29, 1.82) is 0 Å². The van der Waals surface area contributed by atoms with Crippen LogP contribution in [-0.4, -0.2) is 4.98 Å². The van der Waals surface area contributed by atoms with E-state index in [-0.39, 0.29) is 31.7 Å². The maximum atomic E-state index is 13.7. The largest absolute Gasteiger partial charge is 0.337 e. The predicted octanol–water partition coefficient (Wildman–Crippen LogP) is 5.58. The van der Waals surface area contributed by atoms with E-state index in [0.29, 0.717) is 0 Å². The number of anilines is 2. The van der Waals surface area contributed by atoms with Crippen LogP contribution in [0.4, 0.5) is 15.9 Å². The topological polar surface area (TPSA) is 24.9 Å². The molecule has 0 unspecified atom stereocenters. The van der Waals surface area contributed by atoms with Gasteiger partial charge in [0.1, 0.15) is 5.15 Å². The number of hydrogen-bond acceptors (Lipinski definition) is 2. The van der Waals surface area contributed by atoms with Crippen LogP contribution < -0.4 is 5.32 Å². The van der Waals surface area contributed by atoms with Crippen LogP contribution in [0.1, 0.15) is 0 Å². The SMILES string of the molecule is Fc1c(Cl)cccc1Nc1nc(Cl)c(Cl)cc1Cl. The fourth-order valence-electron chi connectivity index (χ4n) is 1.26. The van der Waals surface area contributed by atoms with Gasteiger partial charge in [-0.15, -0.1) is 0 Å². The number of rotatable bonds is 2. The van der Waals surface area contributed by atoms with Crippen molar-refractivity contribution < 1.29 is 4.39 Å². The summed E-state index contributed by atoms with van der Waals surface area (Å²) in [5.74, 6) is -0.393. The van der Waals surface area contributed by atoms with Crippen molar-refractivity contribution in [2.24, 2.45) is 0 Å². The molecule has 0 aliphatic rings. The second kappa shape index (κ2) is 5.49. The second-order valence-electron chi connectivity index (χ2n) is 3.32. The van der Waals surface area contributed by atoms with Crippen molar-refractivity contribution in [2.45, 2.75) is 0 Å². The maximum Gasteiger partial charge on any atom is 0.165 e. The Hall–Kier alpha value is -0.740. The molecule has 0 saturated carbocycles. The zero-order valence-electron chi connectivity index (χ0n) is 8.65. The highest BCUT2D eigenvalue weighted by Crippen LogP contribution is 2.32. The summed E-state index contributed by atoms with van der Waals surface area (Å²) in [5, 5.41) is 3.22. The van der Waals surface area contributed by atoms with Gasteiger partial charge in [0.15, 0.2) is 11.6 Å². The zero-order chi connectivity index (χ0) is 13.3. The quantitative estimate of drug-likeness (QED) is 0.729. The van der Waals surface area contributed by atoms with Crippen molar-refractivity contribution >= 4 is 57.9 Å². The van der Waals surface area contributed by atoms with Gasteiger partial charge in [-0.2, -0.15) is 0 Å². The van der Waals surface area contributed by atoms with Crippen LogP contribution >= 0.6 is 46.4 Å². The van der Waals surface area contributed by atoms with E-state index in [1.165, 1.54) is 18.2 Å². The lowest BCUT2D eigenvalue weighted by molar-refractivity contribution is 0.632. The minimum Gasteiger partial charge on any atom is -0.337 e. The van der Waals surface area contributed by atoms with Crippen LogP contribution in [0.3, 0.4) is 0 Å². The van der Waals surface area contributed by atoms with Gasteiger partial charge in [-0.3, -0.25) is 0 Å². The summed E-state index contributed by atoms with van der Waals surface area (Å²) in [6.45, 7) is 0. The normalized spacial score (nSPS) is 10.5. The molecule has 1 heterocycles. The number of benzene rings is 1. The summed E-state index contributed by atoms with van der Waals surface area (Å²) < 4.78 is 13.7. The van der Waals surface area contributed by atoms with E-state index in [1.54, 1.807) is 6.07 Å². The molecule has 0 atom stereocenters. The molecule has 1 aromatic heterocycles. The monoisotopic (exact) mass is 324 g/mol. The predicted molar refractivity (Wildman–Crippen MR) is 74.0 cm³/mol. The Balaban J connectivity index is 2.40. The van der Waals surface area contributed by atoms with E-state index >= 15 is 0 Å². The molecule has 2 nitrogen and oxygen atoms in total. The Bertz CT molecular complexity index is 604. The molecule has 0 amide bonds. The van der Waals surface area contributed by atoms with Crippen LogP contribution in [0.15, 0.2) is 24.3 Å². The molecule has 0 spiro atoms. The van der Waals surface area contributed by atoms with Crippen molar-refractivity contribution in [3.63, 3.8) is 0 Å². The first-order chi connectivity index (χ1) is 8.49. The average Bonchev–Trinajstić information content (AvgIpc) is 2.32. The number of aromatic nitrogens is 1. The zero-order valence-corrected chi connectivity index (χ0v) is 11.7. The Labute approximate surface area is 123 Å². The Morgan fingerprint density at radius 3 is 2.44 bits per heavy atom. The molecule has 94 valence electrons. The molecule has 18 heavy (non-hydrogen) atoms. The minimum absolute atomic E-state index is 0.00353. The second-order valence-corrected chi connectivity index (χ2v) is 4.90. The summed E-state index contributed by atoms with van der Waals surface area (Å²) in [6, 6.07) is 5.95. The number of nitrogens with one attached hydrogen (secondary N) is 1. The third-order valence-electron chi connectivity index (χ3n) is 2.09. The fraction of sp³-hybridized carbons (Fsp3) is 0. The molecular formula is C11H5Cl4FN2.